The summed E-state index contributed by atoms with van der Waals surface area (Å²) in [6.07, 6.45) is 7.33. The van der Waals surface area contributed by atoms with Crippen molar-refractivity contribution in [2.75, 3.05) is 5.32 Å². The molecule has 0 saturated heterocycles. The van der Waals surface area contributed by atoms with Crippen molar-refractivity contribution in [1.29, 1.82) is 5.26 Å². The predicted octanol–water partition coefficient (Wildman–Crippen LogP) is 6.39. The molecule has 0 amide bonds. The van der Waals surface area contributed by atoms with Gasteiger partial charge >= 0.3 is 0 Å². The van der Waals surface area contributed by atoms with Crippen LogP contribution in [-0.2, 0) is 6.42 Å². The summed E-state index contributed by atoms with van der Waals surface area (Å²) in [4.78, 5) is 0. The van der Waals surface area contributed by atoms with Gasteiger partial charge in [-0.2, -0.15) is 5.26 Å². The number of hydrogen-bond donors (Lipinski definition) is 1. The van der Waals surface area contributed by atoms with E-state index in [0.29, 0.717) is 0 Å². The average molecular weight is 354 g/mol. The fourth-order valence-electron chi connectivity index (χ4n) is 3.26. The Morgan fingerprint density at radius 3 is 2.41 bits per heavy atom. The van der Waals surface area contributed by atoms with E-state index in [2.05, 4.69) is 92.8 Å². The SMILES string of the molecule is C/C(C#N)=C1C=C(/C=C/c2ccc(NC(C)(C)C)cc2)Cc2ccccc2/1. The van der Waals surface area contributed by atoms with Crippen LogP contribution in [0, 0.1) is 11.3 Å². The molecule has 0 atom stereocenters. The molecule has 27 heavy (non-hydrogen) atoms. The van der Waals surface area contributed by atoms with E-state index < -0.39 is 0 Å². The summed E-state index contributed by atoms with van der Waals surface area (Å²) in [7, 11) is 0. The van der Waals surface area contributed by atoms with Gasteiger partial charge in [0.05, 0.1) is 6.07 Å². The first-order valence-electron chi connectivity index (χ1n) is 9.32. The maximum atomic E-state index is 9.35. The van der Waals surface area contributed by atoms with E-state index in [1.165, 1.54) is 16.7 Å². The number of nitrogens with one attached hydrogen (secondary N) is 1. The minimum Gasteiger partial charge on any atom is -0.380 e. The third-order valence-corrected chi connectivity index (χ3v) is 4.52. The number of anilines is 1. The van der Waals surface area contributed by atoms with Gasteiger partial charge in [0.2, 0.25) is 0 Å². The number of benzene rings is 2. The lowest BCUT2D eigenvalue weighted by Crippen LogP contribution is -2.25. The molecule has 0 aliphatic heterocycles. The topological polar surface area (TPSA) is 35.8 Å². The van der Waals surface area contributed by atoms with Crippen molar-refractivity contribution in [1.82, 2.24) is 0 Å². The molecule has 136 valence electrons. The molecule has 0 heterocycles. The Bertz CT molecular complexity index is 959. The summed E-state index contributed by atoms with van der Waals surface area (Å²) in [6, 6.07) is 19.1. The van der Waals surface area contributed by atoms with E-state index in [0.717, 1.165) is 28.8 Å². The zero-order valence-electron chi connectivity index (χ0n) is 16.5. The largest absolute Gasteiger partial charge is 0.380 e. The van der Waals surface area contributed by atoms with Crippen LogP contribution in [0.1, 0.15) is 44.4 Å². The average Bonchev–Trinajstić information content (AvgIpc) is 2.65. The number of fused-ring (bicyclic) bond motifs is 1. The molecule has 1 N–H and O–H groups in total. The smallest absolute Gasteiger partial charge is 0.0950 e. The molecule has 0 fully saturated rings. The lowest BCUT2D eigenvalue weighted by atomic mass is 9.86. The van der Waals surface area contributed by atoms with Gasteiger partial charge in [-0.3, -0.25) is 0 Å². The zero-order valence-corrected chi connectivity index (χ0v) is 16.5. The molecule has 2 aromatic carbocycles. The fraction of sp³-hybridized carbons (Fsp3) is 0.240. The summed E-state index contributed by atoms with van der Waals surface area (Å²) >= 11 is 0. The predicted molar refractivity (Wildman–Crippen MR) is 115 cm³/mol. The van der Waals surface area contributed by atoms with Crippen LogP contribution in [0.25, 0.3) is 11.6 Å². The van der Waals surface area contributed by atoms with Gasteiger partial charge in [-0.1, -0.05) is 48.6 Å². The van der Waals surface area contributed by atoms with Gasteiger partial charge in [0.15, 0.2) is 0 Å². The minimum atomic E-state index is 0.0546. The number of allylic oxidation sites excluding steroid dienone is 5. The van der Waals surface area contributed by atoms with Crippen molar-refractivity contribution in [3.63, 3.8) is 0 Å². The number of hydrogen-bond acceptors (Lipinski definition) is 2. The highest BCUT2D eigenvalue weighted by Gasteiger charge is 2.15. The van der Waals surface area contributed by atoms with E-state index in [1.54, 1.807) is 0 Å². The summed E-state index contributed by atoms with van der Waals surface area (Å²) in [5, 5.41) is 12.8. The highest BCUT2D eigenvalue weighted by molar-refractivity contribution is 5.84. The normalized spacial score (nSPS) is 15.7. The third-order valence-electron chi connectivity index (χ3n) is 4.52. The molecule has 1 aliphatic carbocycles. The Morgan fingerprint density at radius 1 is 1.04 bits per heavy atom. The van der Waals surface area contributed by atoms with Gasteiger partial charge in [-0.25, -0.2) is 0 Å². The Labute approximate surface area is 162 Å². The molecule has 0 spiro atoms. The van der Waals surface area contributed by atoms with Gasteiger partial charge in [-0.15, -0.1) is 0 Å². The molecule has 2 aromatic rings. The molecule has 0 saturated carbocycles. The van der Waals surface area contributed by atoms with Crippen LogP contribution in [0.5, 0.6) is 0 Å². The first-order chi connectivity index (χ1) is 12.9. The van der Waals surface area contributed by atoms with Gasteiger partial charge in [0, 0.05) is 16.8 Å². The van der Waals surface area contributed by atoms with Crippen molar-refractivity contribution in [2.45, 2.75) is 39.7 Å². The molecule has 3 rings (SSSR count). The lowest BCUT2D eigenvalue weighted by Gasteiger charge is -2.22. The Balaban J connectivity index is 1.83. The standard InChI is InChI=1S/C25H26N2/c1-18(17-26)24-16-20(15-21-7-5-6-8-23(21)24)10-9-19-11-13-22(14-12-19)27-25(2,3)4/h5-14,16,27H,15H2,1-4H3/b10-9+,24-18+. The summed E-state index contributed by atoms with van der Waals surface area (Å²) in [5.41, 5.74) is 7.79. The lowest BCUT2D eigenvalue weighted by molar-refractivity contribution is 0.634. The zero-order chi connectivity index (χ0) is 19.4. The van der Waals surface area contributed by atoms with E-state index >= 15 is 0 Å². The van der Waals surface area contributed by atoms with Crippen molar-refractivity contribution in [3.8, 4) is 6.07 Å². The first kappa shape index (κ1) is 18.7. The van der Waals surface area contributed by atoms with Gasteiger partial charge < -0.3 is 5.32 Å². The molecular weight excluding hydrogens is 328 g/mol. The molecule has 0 bridgehead atoms. The molecule has 0 aromatic heterocycles. The summed E-state index contributed by atoms with van der Waals surface area (Å²) < 4.78 is 0. The van der Waals surface area contributed by atoms with Crippen molar-refractivity contribution >= 4 is 17.3 Å². The van der Waals surface area contributed by atoms with Gasteiger partial charge in [-0.05, 0) is 80.2 Å². The van der Waals surface area contributed by atoms with Crippen LogP contribution in [0.2, 0.25) is 0 Å². The fourth-order valence-corrected chi connectivity index (χ4v) is 3.26. The van der Waals surface area contributed by atoms with Crippen molar-refractivity contribution in [2.24, 2.45) is 0 Å². The van der Waals surface area contributed by atoms with Crippen LogP contribution in [0.15, 0.2) is 71.8 Å². The van der Waals surface area contributed by atoms with Crippen LogP contribution < -0.4 is 5.32 Å². The molecule has 0 unspecified atom stereocenters. The second kappa shape index (κ2) is 7.68. The summed E-state index contributed by atoms with van der Waals surface area (Å²) in [5.74, 6) is 0. The Kier molecular flexibility index (Phi) is 5.33. The van der Waals surface area contributed by atoms with Crippen LogP contribution in [0.4, 0.5) is 5.69 Å². The summed E-state index contributed by atoms with van der Waals surface area (Å²) in [6.45, 7) is 8.35. The highest BCUT2D eigenvalue weighted by Crippen LogP contribution is 2.32. The molecule has 2 nitrogen and oxygen atoms in total. The van der Waals surface area contributed by atoms with Crippen molar-refractivity contribution < 1.29 is 0 Å². The van der Waals surface area contributed by atoms with E-state index in [-0.39, 0.29) is 5.54 Å². The maximum Gasteiger partial charge on any atom is 0.0950 e. The molecule has 2 heteroatoms. The van der Waals surface area contributed by atoms with E-state index in [4.69, 9.17) is 0 Å². The second-order valence-corrected chi connectivity index (χ2v) is 8.03. The van der Waals surface area contributed by atoms with E-state index in [9.17, 15) is 5.26 Å². The van der Waals surface area contributed by atoms with E-state index in [1.807, 2.05) is 13.0 Å². The van der Waals surface area contributed by atoms with Crippen LogP contribution in [-0.4, -0.2) is 5.54 Å². The number of nitrogens with zero attached hydrogens (tertiary/aromatic N) is 1. The second-order valence-electron chi connectivity index (χ2n) is 8.03. The Morgan fingerprint density at radius 2 is 1.74 bits per heavy atom. The molecule has 1 aliphatic rings. The monoisotopic (exact) mass is 354 g/mol. The van der Waals surface area contributed by atoms with Crippen LogP contribution >= 0.6 is 0 Å². The quantitative estimate of drug-likeness (QED) is 0.648. The minimum absolute atomic E-state index is 0.0546. The number of rotatable bonds is 3. The van der Waals surface area contributed by atoms with Crippen LogP contribution in [0.3, 0.4) is 0 Å². The van der Waals surface area contributed by atoms with Crippen molar-refractivity contribution in [3.05, 3.63) is 88.5 Å². The highest BCUT2D eigenvalue weighted by atomic mass is 14.9. The first-order valence-corrected chi connectivity index (χ1v) is 9.32. The number of nitriles is 1. The molecular formula is C25H26N2. The van der Waals surface area contributed by atoms with Gasteiger partial charge in [0.1, 0.15) is 0 Å². The maximum absolute atomic E-state index is 9.35. The molecule has 0 radical (unpaired) electrons. The van der Waals surface area contributed by atoms with Gasteiger partial charge in [0.25, 0.3) is 0 Å². The Hall–Kier alpha value is -3.05. The third kappa shape index (κ3) is 4.77.